The molecule has 5 heteroatoms. The molecule has 0 saturated carbocycles. The van der Waals surface area contributed by atoms with Crippen molar-refractivity contribution in [2.75, 3.05) is 6.54 Å². The van der Waals surface area contributed by atoms with Gasteiger partial charge in [0.15, 0.2) is 0 Å². The number of furan rings is 1. The Bertz CT molecular complexity index is 1150. The van der Waals surface area contributed by atoms with Crippen LogP contribution in [0.3, 0.4) is 0 Å². The first-order valence-corrected chi connectivity index (χ1v) is 11.1. The van der Waals surface area contributed by atoms with Gasteiger partial charge < -0.3 is 8.98 Å². The van der Waals surface area contributed by atoms with E-state index in [1.54, 1.807) is 6.26 Å². The largest absolute Gasteiger partial charge is 0.468 e. The van der Waals surface area contributed by atoms with E-state index >= 15 is 0 Å². The highest BCUT2D eigenvalue weighted by Crippen LogP contribution is 2.47. The number of hydrogen-bond donors (Lipinski definition) is 0. The van der Waals surface area contributed by atoms with Gasteiger partial charge in [-0.3, -0.25) is 9.88 Å². The highest BCUT2D eigenvalue weighted by Gasteiger charge is 2.50. The normalized spacial score (nSPS) is 23.3. The van der Waals surface area contributed by atoms with Gasteiger partial charge in [-0.25, -0.2) is 4.98 Å². The number of likely N-dealkylation sites (tertiary alicyclic amines) is 1. The molecule has 156 valence electrons. The fourth-order valence-electron chi connectivity index (χ4n) is 5.72. The highest BCUT2D eigenvalue weighted by molar-refractivity contribution is 5.58. The highest BCUT2D eigenvalue weighted by atomic mass is 16.3. The first kappa shape index (κ1) is 18.6. The lowest BCUT2D eigenvalue weighted by Gasteiger charge is -2.37. The number of imidazole rings is 1. The average molecular weight is 411 g/mol. The molecule has 6 rings (SSSR count). The Balaban J connectivity index is 1.43. The molecule has 0 aliphatic carbocycles. The molecule has 1 saturated heterocycles. The minimum Gasteiger partial charge on any atom is -0.468 e. The van der Waals surface area contributed by atoms with E-state index in [0.29, 0.717) is 6.04 Å². The van der Waals surface area contributed by atoms with Crippen LogP contribution in [0.5, 0.6) is 0 Å². The van der Waals surface area contributed by atoms with Crippen molar-refractivity contribution in [2.45, 2.75) is 43.8 Å². The van der Waals surface area contributed by atoms with Crippen molar-refractivity contribution >= 4 is 0 Å². The summed E-state index contributed by atoms with van der Waals surface area (Å²) < 4.78 is 8.17. The van der Waals surface area contributed by atoms with Crippen LogP contribution < -0.4 is 0 Å². The number of pyridine rings is 1. The molecule has 0 amide bonds. The number of rotatable bonds is 4. The minimum absolute atomic E-state index is 0.129. The maximum atomic E-state index is 5.72. The fourth-order valence-corrected chi connectivity index (χ4v) is 5.72. The summed E-state index contributed by atoms with van der Waals surface area (Å²) in [5.41, 5.74) is 3.95. The summed E-state index contributed by atoms with van der Waals surface area (Å²) in [4.78, 5) is 11.7. The van der Waals surface area contributed by atoms with Crippen molar-refractivity contribution < 1.29 is 4.42 Å². The number of benzene rings is 1. The first-order valence-electron chi connectivity index (χ1n) is 11.1. The number of aryl methyl sites for hydroxylation is 1. The third-order valence-corrected chi connectivity index (χ3v) is 7.28. The summed E-state index contributed by atoms with van der Waals surface area (Å²) in [6, 6.07) is 19.7. The Labute approximate surface area is 182 Å². The van der Waals surface area contributed by atoms with E-state index in [1.165, 1.54) is 22.6 Å². The predicted octanol–water partition coefficient (Wildman–Crippen LogP) is 4.70. The quantitative estimate of drug-likeness (QED) is 0.489. The average Bonchev–Trinajstić information content (AvgIpc) is 3.54. The van der Waals surface area contributed by atoms with E-state index in [0.717, 1.165) is 44.7 Å². The third-order valence-electron chi connectivity index (χ3n) is 7.28. The van der Waals surface area contributed by atoms with E-state index in [9.17, 15) is 0 Å². The van der Waals surface area contributed by atoms with Crippen LogP contribution in [-0.4, -0.2) is 32.0 Å². The molecule has 5 nitrogen and oxygen atoms in total. The van der Waals surface area contributed by atoms with Gasteiger partial charge in [-0.2, -0.15) is 0 Å². The van der Waals surface area contributed by atoms with Crippen LogP contribution >= 0.6 is 0 Å². The van der Waals surface area contributed by atoms with Crippen LogP contribution in [0.2, 0.25) is 0 Å². The Hall–Kier alpha value is -3.18. The van der Waals surface area contributed by atoms with Gasteiger partial charge in [0, 0.05) is 42.4 Å². The maximum Gasteiger partial charge on any atom is 0.117 e. The van der Waals surface area contributed by atoms with Crippen LogP contribution in [0.25, 0.3) is 11.3 Å². The van der Waals surface area contributed by atoms with Gasteiger partial charge in [0.2, 0.25) is 0 Å². The van der Waals surface area contributed by atoms with Crippen molar-refractivity contribution in [3.05, 3.63) is 96.6 Å². The number of aromatic nitrogens is 3. The molecular formula is C26H26N4O. The molecule has 0 radical (unpaired) electrons. The summed E-state index contributed by atoms with van der Waals surface area (Å²) in [6.07, 6.45) is 10.8. The van der Waals surface area contributed by atoms with E-state index < -0.39 is 0 Å². The van der Waals surface area contributed by atoms with Crippen molar-refractivity contribution in [3.8, 4) is 11.3 Å². The van der Waals surface area contributed by atoms with Gasteiger partial charge in [-0.1, -0.05) is 30.3 Å². The van der Waals surface area contributed by atoms with E-state index in [4.69, 9.17) is 9.40 Å². The molecule has 4 aromatic rings. The lowest BCUT2D eigenvalue weighted by Crippen LogP contribution is -2.44. The Morgan fingerprint density at radius 1 is 1.00 bits per heavy atom. The third kappa shape index (κ3) is 3.12. The summed E-state index contributed by atoms with van der Waals surface area (Å²) in [5.74, 6) is 2.22. The van der Waals surface area contributed by atoms with Crippen LogP contribution in [0.15, 0.2) is 83.9 Å². The summed E-state index contributed by atoms with van der Waals surface area (Å²) in [5, 5.41) is 0. The molecule has 5 heterocycles. The molecule has 0 bridgehead atoms. The topological polar surface area (TPSA) is 47.1 Å². The smallest absolute Gasteiger partial charge is 0.117 e. The van der Waals surface area contributed by atoms with Gasteiger partial charge in [0.05, 0.1) is 24.7 Å². The Kier molecular flexibility index (Phi) is 4.50. The molecule has 2 atom stereocenters. The first-order chi connectivity index (χ1) is 15.3. The summed E-state index contributed by atoms with van der Waals surface area (Å²) in [6.45, 7) is 2.86. The fraction of sp³-hybridized carbons (Fsp3) is 0.308. The van der Waals surface area contributed by atoms with Crippen LogP contribution in [0.4, 0.5) is 0 Å². The Morgan fingerprint density at radius 3 is 2.68 bits per heavy atom. The van der Waals surface area contributed by atoms with Gasteiger partial charge in [-0.15, -0.1) is 0 Å². The summed E-state index contributed by atoms with van der Waals surface area (Å²) in [7, 11) is 0. The zero-order valence-electron chi connectivity index (χ0n) is 17.5. The molecule has 0 unspecified atom stereocenters. The van der Waals surface area contributed by atoms with Gasteiger partial charge in [0.1, 0.15) is 11.6 Å². The zero-order chi connectivity index (χ0) is 20.7. The molecule has 1 fully saturated rings. The van der Waals surface area contributed by atoms with Crippen LogP contribution in [-0.2, 0) is 24.9 Å². The SMILES string of the molecule is c1ccc([C@]23CCc4ncc(-c5ccncc5)n4C[C@@H]2N(Cc2ccco2)CC3)cc1. The van der Waals surface area contributed by atoms with Gasteiger partial charge in [0.25, 0.3) is 0 Å². The molecule has 2 aliphatic rings. The monoisotopic (exact) mass is 410 g/mol. The van der Waals surface area contributed by atoms with E-state index in [2.05, 4.69) is 63.0 Å². The van der Waals surface area contributed by atoms with Crippen molar-refractivity contribution in [1.82, 2.24) is 19.4 Å². The summed E-state index contributed by atoms with van der Waals surface area (Å²) >= 11 is 0. The molecule has 3 aromatic heterocycles. The van der Waals surface area contributed by atoms with Crippen molar-refractivity contribution in [2.24, 2.45) is 0 Å². The predicted molar refractivity (Wildman–Crippen MR) is 119 cm³/mol. The van der Waals surface area contributed by atoms with Crippen LogP contribution in [0, 0.1) is 0 Å². The number of nitrogens with zero attached hydrogens (tertiary/aromatic N) is 4. The maximum absolute atomic E-state index is 5.72. The molecule has 1 aromatic carbocycles. The molecular weight excluding hydrogens is 384 g/mol. The van der Waals surface area contributed by atoms with Crippen LogP contribution in [0.1, 0.15) is 30.0 Å². The van der Waals surface area contributed by atoms with Crippen molar-refractivity contribution in [3.63, 3.8) is 0 Å². The van der Waals surface area contributed by atoms with E-state index in [-0.39, 0.29) is 5.41 Å². The number of fused-ring (bicyclic) bond motifs is 2. The lowest BCUT2D eigenvalue weighted by atomic mass is 9.71. The standard InChI is InChI=1S/C26H26N4O/c1-2-5-21(6-3-1)26-11-8-25-28-17-23(20-9-13-27-14-10-20)30(25)19-24(26)29(15-12-26)18-22-7-4-16-31-22/h1-7,9-10,13-14,16-17,24H,8,11-12,15,18-19H2/t24-,26+/m0/s1. The molecule has 2 aliphatic heterocycles. The second-order valence-electron chi connectivity index (χ2n) is 8.74. The lowest BCUT2D eigenvalue weighted by molar-refractivity contribution is 0.167. The zero-order valence-corrected chi connectivity index (χ0v) is 17.5. The second kappa shape index (κ2) is 7.50. The second-order valence-corrected chi connectivity index (χ2v) is 8.74. The van der Waals surface area contributed by atoms with Crippen molar-refractivity contribution in [1.29, 1.82) is 0 Å². The van der Waals surface area contributed by atoms with Gasteiger partial charge in [-0.05, 0) is 49.2 Å². The Morgan fingerprint density at radius 2 is 1.87 bits per heavy atom. The van der Waals surface area contributed by atoms with Gasteiger partial charge >= 0.3 is 0 Å². The molecule has 0 spiro atoms. The molecule has 0 N–H and O–H groups in total. The number of hydrogen-bond acceptors (Lipinski definition) is 4. The van der Waals surface area contributed by atoms with E-state index in [1.807, 2.05) is 24.7 Å². The minimum atomic E-state index is 0.129. The molecule has 31 heavy (non-hydrogen) atoms.